The quantitative estimate of drug-likeness (QED) is 0.440. The number of aryl methyl sites for hydroxylation is 1. The normalized spacial score (nSPS) is 19.0. The molecule has 2 aliphatic rings. The predicted octanol–water partition coefficient (Wildman–Crippen LogP) is 5.80. The molecule has 0 unspecified atom stereocenters. The van der Waals surface area contributed by atoms with Crippen LogP contribution < -0.4 is 10.1 Å². The molecule has 0 spiro atoms. The highest BCUT2D eigenvalue weighted by Gasteiger charge is 2.40. The number of halogens is 1. The van der Waals surface area contributed by atoms with E-state index in [1.807, 2.05) is 47.1 Å². The number of benzene rings is 3. The fourth-order valence-corrected chi connectivity index (χ4v) is 4.53. The maximum atomic E-state index is 6.61. The molecule has 0 amide bonds. The molecule has 4 aromatic rings. The lowest BCUT2D eigenvalue weighted by molar-refractivity contribution is 0.223. The number of hydrogen-bond donors (Lipinski definition) is 1. The van der Waals surface area contributed by atoms with Crippen LogP contribution in [0.2, 0.25) is 5.02 Å². The first-order valence-electron chi connectivity index (χ1n) is 10.2. The third-order valence-corrected chi connectivity index (χ3v) is 6.14. The molecule has 0 saturated carbocycles. The molecule has 152 valence electrons. The third-order valence-electron chi connectivity index (χ3n) is 5.89. The van der Waals surface area contributed by atoms with Gasteiger partial charge in [0.25, 0.3) is 0 Å². The van der Waals surface area contributed by atoms with E-state index in [-0.39, 0.29) is 12.1 Å². The van der Waals surface area contributed by atoms with E-state index in [2.05, 4.69) is 52.7 Å². The monoisotopic (exact) mass is 426 g/mol. The van der Waals surface area contributed by atoms with E-state index in [9.17, 15) is 0 Å². The van der Waals surface area contributed by atoms with Gasteiger partial charge in [-0.2, -0.15) is 10.1 Å². The molecule has 3 heterocycles. The summed E-state index contributed by atoms with van der Waals surface area (Å²) in [5, 5.41) is 8.77. The smallest absolute Gasteiger partial charge is 0.226 e. The summed E-state index contributed by atoms with van der Waals surface area (Å²) in [7, 11) is 0. The summed E-state index contributed by atoms with van der Waals surface area (Å²) in [6, 6.07) is 24.4. The third kappa shape index (κ3) is 2.93. The molecule has 6 heteroatoms. The largest absolute Gasteiger partial charge is 0.480 e. The van der Waals surface area contributed by atoms with E-state index in [0.717, 1.165) is 33.7 Å². The number of aromatic nitrogens is 3. The molecule has 1 aromatic heterocycles. The van der Waals surface area contributed by atoms with Crippen LogP contribution in [0.25, 0.3) is 5.70 Å². The van der Waals surface area contributed by atoms with E-state index in [1.165, 1.54) is 5.56 Å². The molecule has 0 radical (unpaired) electrons. The zero-order valence-corrected chi connectivity index (χ0v) is 17.5. The van der Waals surface area contributed by atoms with E-state index < -0.39 is 0 Å². The zero-order valence-electron chi connectivity index (χ0n) is 16.8. The Labute approximate surface area is 185 Å². The second kappa shape index (κ2) is 7.00. The van der Waals surface area contributed by atoms with Gasteiger partial charge in [-0.05, 0) is 42.3 Å². The average molecular weight is 427 g/mol. The molecule has 2 aliphatic heterocycles. The topological polar surface area (TPSA) is 52.0 Å². The van der Waals surface area contributed by atoms with Crippen LogP contribution in [0.15, 0.2) is 84.7 Å². The molecule has 0 saturated heterocycles. The van der Waals surface area contributed by atoms with E-state index in [0.29, 0.717) is 11.0 Å². The van der Waals surface area contributed by atoms with Crippen LogP contribution in [0.3, 0.4) is 0 Å². The first kappa shape index (κ1) is 18.2. The van der Waals surface area contributed by atoms with Gasteiger partial charge < -0.3 is 10.1 Å². The summed E-state index contributed by atoms with van der Waals surface area (Å²) in [4.78, 5) is 4.46. The minimum atomic E-state index is -0.268. The van der Waals surface area contributed by atoms with Crippen LogP contribution in [-0.2, 0) is 0 Å². The average Bonchev–Trinajstić information content (AvgIpc) is 3.27. The van der Waals surface area contributed by atoms with Crippen molar-refractivity contribution < 1.29 is 4.74 Å². The molecular formula is C25H19ClN4O. The molecule has 3 aromatic carbocycles. The van der Waals surface area contributed by atoms with Crippen LogP contribution in [0.5, 0.6) is 5.75 Å². The Morgan fingerprint density at radius 2 is 1.68 bits per heavy atom. The van der Waals surface area contributed by atoms with Crippen molar-refractivity contribution in [2.45, 2.75) is 19.1 Å². The zero-order chi connectivity index (χ0) is 20.9. The van der Waals surface area contributed by atoms with E-state index in [4.69, 9.17) is 16.3 Å². The summed E-state index contributed by atoms with van der Waals surface area (Å²) >= 11 is 6.19. The predicted molar refractivity (Wildman–Crippen MR) is 121 cm³/mol. The Kier molecular flexibility index (Phi) is 4.11. The van der Waals surface area contributed by atoms with Crippen molar-refractivity contribution in [1.82, 2.24) is 14.8 Å². The lowest BCUT2D eigenvalue weighted by atomic mass is 9.84. The van der Waals surface area contributed by atoms with Crippen molar-refractivity contribution in [1.29, 1.82) is 0 Å². The lowest BCUT2D eigenvalue weighted by Crippen LogP contribution is -2.32. The van der Waals surface area contributed by atoms with Crippen molar-refractivity contribution >= 4 is 23.2 Å². The fourth-order valence-electron chi connectivity index (χ4n) is 4.40. The van der Waals surface area contributed by atoms with Crippen LogP contribution in [0.4, 0.5) is 5.95 Å². The Bertz CT molecular complexity index is 1310. The molecule has 6 rings (SSSR count). The Hall–Kier alpha value is -3.57. The van der Waals surface area contributed by atoms with Gasteiger partial charge in [-0.1, -0.05) is 65.7 Å². The summed E-state index contributed by atoms with van der Waals surface area (Å²) in [5.74, 6) is 1.56. The molecule has 2 atom stereocenters. The van der Waals surface area contributed by atoms with Gasteiger partial charge in [-0.3, -0.25) is 0 Å². The van der Waals surface area contributed by atoms with Gasteiger partial charge in [0.05, 0.1) is 5.70 Å². The number of hydrogen-bond acceptors (Lipinski definition) is 4. The van der Waals surface area contributed by atoms with Crippen molar-refractivity contribution in [3.63, 3.8) is 0 Å². The maximum Gasteiger partial charge on any atom is 0.226 e. The number of nitrogens with one attached hydrogen (secondary N) is 1. The van der Waals surface area contributed by atoms with Crippen molar-refractivity contribution in [3.05, 3.63) is 112 Å². The number of fused-ring (bicyclic) bond motifs is 3. The maximum absolute atomic E-state index is 6.61. The van der Waals surface area contributed by atoms with Gasteiger partial charge in [0.2, 0.25) is 5.95 Å². The van der Waals surface area contributed by atoms with Crippen LogP contribution >= 0.6 is 11.6 Å². The van der Waals surface area contributed by atoms with Gasteiger partial charge in [0, 0.05) is 16.2 Å². The Balaban J connectivity index is 1.62. The van der Waals surface area contributed by atoms with Gasteiger partial charge in [0.1, 0.15) is 24.2 Å². The van der Waals surface area contributed by atoms with Gasteiger partial charge >= 0.3 is 0 Å². The van der Waals surface area contributed by atoms with Gasteiger partial charge in [-0.15, -0.1) is 0 Å². The van der Waals surface area contributed by atoms with Crippen LogP contribution in [0.1, 0.15) is 34.4 Å². The highest BCUT2D eigenvalue weighted by molar-refractivity contribution is 6.30. The standard InChI is InChI=1S/C25H19ClN4O/c1-15-6-8-17(9-7-15)24-21-22(19-4-2-3-5-20(19)31-24)29-25-27-14-28-30(25)23(21)16-10-12-18(26)13-11-16/h2-14,23-24H,1H3,(H,27,28,29)/t23-,24+/m0/s1. The fraction of sp³-hybridized carbons (Fsp3) is 0.120. The van der Waals surface area contributed by atoms with Crippen LogP contribution in [-0.4, -0.2) is 14.8 Å². The minimum absolute atomic E-state index is 0.175. The highest BCUT2D eigenvalue weighted by Crippen LogP contribution is 2.50. The summed E-state index contributed by atoms with van der Waals surface area (Å²) < 4.78 is 8.53. The summed E-state index contributed by atoms with van der Waals surface area (Å²) in [6.45, 7) is 2.09. The van der Waals surface area contributed by atoms with Crippen molar-refractivity contribution in [3.8, 4) is 5.75 Å². The van der Waals surface area contributed by atoms with Crippen molar-refractivity contribution in [2.24, 2.45) is 0 Å². The molecule has 31 heavy (non-hydrogen) atoms. The molecular weight excluding hydrogens is 408 g/mol. The molecule has 0 aliphatic carbocycles. The molecule has 5 nitrogen and oxygen atoms in total. The summed E-state index contributed by atoms with van der Waals surface area (Å²) in [5.41, 5.74) is 6.52. The second-order valence-electron chi connectivity index (χ2n) is 7.84. The lowest BCUT2D eigenvalue weighted by Gasteiger charge is -2.39. The summed E-state index contributed by atoms with van der Waals surface area (Å²) in [6.07, 6.45) is 1.31. The number of nitrogens with zero attached hydrogens (tertiary/aromatic N) is 3. The number of ether oxygens (including phenoxy) is 1. The highest BCUT2D eigenvalue weighted by atomic mass is 35.5. The first-order valence-corrected chi connectivity index (χ1v) is 10.6. The molecule has 0 fully saturated rings. The SMILES string of the molecule is Cc1ccc([C@H]2Oc3ccccc3C3=C2[C@H](c2ccc(Cl)cc2)n2ncnc2N3)cc1. The number of anilines is 1. The van der Waals surface area contributed by atoms with Crippen molar-refractivity contribution in [2.75, 3.05) is 5.32 Å². The second-order valence-corrected chi connectivity index (χ2v) is 8.28. The van der Waals surface area contributed by atoms with E-state index in [1.54, 1.807) is 6.33 Å². The Morgan fingerprint density at radius 1 is 0.935 bits per heavy atom. The Morgan fingerprint density at radius 3 is 2.48 bits per heavy atom. The van der Waals surface area contributed by atoms with Crippen LogP contribution in [0, 0.1) is 6.92 Å². The van der Waals surface area contributed by atoms with E-state index >= 15 is 0 Å². The molecule has 0 bridgehead atoms. The van der Waals surface area contributed by atoms with Gasteiger partial charge in [0.15, 0.2) is 0 Å². The number of para-hydroxylation sites is 1. The first-order chi connectivity index (χ1) is 15.2. The molecule has 1 N–H and O–H groups in total. The van der Waals surface area contributed by atoms with Gasteiger partial charge in [-0.25, -0.2) is 4.68 Å². The number of rotatable bonds is 2. The minimum Gasteiger partial charge on any atom is -0.480 e.